The molecule has 1 atom stereocenters. The summed E-state index contributed by atoms with van der Waals surface area (Å²) in [5.74, 6) is 1.25. The van der Waals surface area contributed by atoms with Gasteiger partial charge in [-0.05, 0) is 44.0 Å². The molecular formula is C14H11Br2ClO3S. The average molecular weight is 455 g/mol. The summed E-state index contributed by atoms with van der Waals surface area (Å²) in [5, 5.41) is 11.1. The topological polar surface area (TPSA) is 38.7 Å². The molecular weight excluding hydrogens is 443 g/mol. The van der Waals surface area contributed by atoms with E-state index in [-0.39, 0.29) is 0 Å². The highest BCUT2D eigenvalue weighted by molar-refractivity contribution is 9.12. The van der Waals surface area contributed by atoms with Crippen molar-refractivity contribution in [1.29, 1.82) is 0 Å². The van der Waals surface area contributed by atoms with Crippen LogP contribution in [-0.2, 0) is 0 Å². The second-order valence-electron chi connectivity index (χ2n) is 4.55. The predicted octanol–water partition coefficient (Wildman–Crippen LogP) is 5.17. The van der Waals surface area contributed by atoms with Gasteiger partial charge in [-0.15, -0.1) is 11.3 Å². The zero-order valence-corrected chi connectivity index (χ0v) is 15.5. The molecule has 0 spiro atoms. The van der Waals surface area contributed by atoms with Crippen molar-refractivity contribution in [2.45, 2.75) is 12.5 Å². The first-order valence-electron chi connectivity index (χ1n) is 6.28. The Morgan fingerprint density at radius 3 is 2.38 bits per heavy atom. The number of halogens is 3. The Morgan fingerprint density at radius 2 is 1.76 bits per heavy atom. The Bertz CT molecular complexity index is 674. The van der Waals surface area contributed by atoms with Crippen LogP contribution in [0.15, 0.2) is 25.8 Å². The van der Waals surface area contributed by atoms with Crippen LogP contribution >= 0.6 is 54.8 Å². The van der Waals surface area contributed by atoms with E-state index in [0.717, 1.165) is 19.6 Å². The van der Waals surface area contributed by atoms with Gasteiger partial charge in [-0.3, -0.25) is 0 Å². The molecule has 1 aliphatic rings. The van der Waals surface area contributed by atoms with E-state index in [1.165, 1.54) is 11.3 Å². The van der Waals surface area contributed by atoms with Crippen LogP contribution < -0.4 is 9.47 Å². The van der Waals surface area contributed by atoms with Gasteiger partial charge in [-0.2, -0.15) is 0 Å². The molecule has 3 rings (SSSR count). The van der Waals surface area contributed by atoms with Crippen LogP contribution in [0.3, 0.4) is 0 Å². The van der Waals surface area contributed by atoms with E-state index in [0.29, 0.717) is 35.3 Å². The van der Waals surface area contributed by atoms with Crippen LogP contribution in [0.25, 0.3) is 0 Å². The molecule has 1 unspecified atom stereocenters. The van der Waals surface area contributed by atoms with Crippen molar-refractivity contribution in [3.05, 3.63) is 41.9 Å². The molecule has 0 saturated carbocycles. The third-order valence-corrected chi connectivity index (χ3v) is 5.85. The van der Waals surface area contributed by atoms with Crippen molar-refractivity contribution in [2.75, 3.05) is 13.2 Å². The minimum Gasteiger partial charge on any atom is -0.490 e. The second-order valence-corrected chi connectivity index (χ2v) is 8.71. The smallest absolute Gasteiger partial charge is 0.162 e. The molecule has 2 aromatic rings. The number of fused-ring (bicyclic) bond motifs is 1. The first-order chi connectivity index (χ1) is 10.1. The average Bonchev–Trinajstić information content (AvgIpc) is 2.64. The molecule has 1 aromatic carbocycles. The number of rotatable bonds is 2. The highest BCUT2D eigenvalue weighted by atomic mass is 79.9. The van der Waals surface area contributed by atoms with Gasteiger partial charge in [0.25, 0.3) is 0 Å². The molecule has 7 heteroatoms. The lowest BCUT2D eigenvalue weighted by atomic mass is 10.0. The molecule has 21 heavy (non-hydrogen) atoms. The van der Waals surface area contributed by atoms with Crippen molar-refractivity contribution in [3.63, 3.8) is 0 Å². The summed E-state index contributed by atoms with van der Waals surface area (Å²) in [6, 6.07) is 5.33. The number of benzene rings is 1. The third kappa shape index (κ3) is 3.24. The number of aliphatic hydroxyl groups excluding tert-OH is 1. The Morgan fingerprint density at radius 1 is 1.10 bits per heavy atom. The lowest BCUT2D eigenvalue weighted by molar-refractivity contribution is 0.219. The van der Waals surface area contributed by atoms with Crippen molar-refractivity contribution >= 4 is 54.8 Å². The zero-order valence-electron chi connectivity index (χ0n) is 10.7. The molecule has 1 aromatic heterocycles. The Balaban J connectivity index is 2.02. The van der Waals surface area contributed by atoms with Crippen molar-refractivity contribution in [2.24, 2.45) is 0 Å². The molecule has 112 valence electrons. The fourth-order valence-electron chi connectivity index (χ4n) is 2.12. The standard InChI is InChI=1S/C14H11Br2ClO3S/c15-12-5-8(14(16)21-12)13(18)7-4-10-11(6-9(7)17)20-3-1-2-19-10/h4-6,13,18H,1-3H2. The van der Waals surface area contributed by atoms with Crippen LogP contribution in [-0.4, -0.2) is 18.3 Å². The highest BCUT2D eigenvalue weighted by Crippen LogP contribution is 2.43. The van der Waals surface area contributed by atoms with Crippen molar-refractivity contribution < 1.29 is 14.6 Å². The van der Waals surface area contributed by atoms with E-state index >= 15 is 0 Å². The Labute approximate surface area is 148 Å². The van der Waals surface area contributed by atoms with Crippen molar-refractivity contribution in [3.8, 4) is 11.5 Å². The molecule has 1 aliphatic heterocycles. The first-order valence-corrected chi connectivity index (χ1v) is 9.06. The normalized spacial score (nSPS) is 15.6. The van der Waals surface area contributed by atoms with Crippen molar-refractivity contribution in [1.82, 2.24) is 0 Å². The van der Waals surface area contributed by atoms with Gasteiger partial charge in [0.15, 0.2) is 11.5 Å². The summed E-state index contributed by atoms with van der Waals surface area (Å²) in [5.41, 5.74) is 1.37. The van der Waals surface area contributed by atoms with E-state index in [1.54, 1.807) is 12.1 Å². The highest BCUT2D eigenvalue weighted by Gasteiger charge is 2.22. The zero-order chi connectivity index (χ0) is 15.0. The van der Waals surface area contributed by atoms with E-state index in [2.05, 4.69) is 31.9 Å². The quantitative estimate of drug-likeness (QED) is 0.681. The van der Waals surface area contributed by atoms with Gasteiger partial charge >= 0.3 is 0 Å². The van der Waals surface area contributed by atoms with Crippen LogP contribution in [0.5, 0.6) is 11.5 Å². The summed E-state index contributed by atoms with van der Waals surface area (Å²) >= 11 is 14.7. The summed E-state index contributed by atoms with van der Waals surface area (Å²) in [6.45, 7) is 1.20. The van der Waals surface area contributed by atoms with Gasteiger partial charge in [0.2, 0.25) is 0 Å². The number of aliphatic hydroxyl groups is 1. The predicted molar refractivity (Wildman–Crippen MR) is 90.8 cm³/mol. The van der Waals surface area contributed by atoms with E-state index in [1.807, 2.05) is 6.07 Å². The molecule has 0 saturated heterocycles. The van der Waals surface area contributed by atoms with Crippen LogP contribution in [0.1, 0.15) is 23.7 Å². The first kappa shape index (κ1) is 15.6. The lowest BCUT2D eigenvalue weighted by Crippen LogP contribution is -2.02. The molecule has 0 aliphatic carbocycles. The number of hydrogen-bond acceptors (Lipinski definition) is 4. The molecule has 3 nitrogen and oxygen atoms in total. The third-order valence-electron chi connectivity index (χ3n) is 3.14. The van der Waals surface area contributed by atoms with E-state index in [4.69, 9.17) is 21.1 Å². The summed E-state index contributed by atoms with van der Waals surface area (Å²) in [7, 11) is 0. The monoisotopic (exact) mass is 452 g/mol. The number of hydrogen-bond donors (Lipinski definition) is 1. The lowest BCUT2D eigenvalue weighted by Gasteiger charge is -2.15. The van der Waals surface area contributed by atoms with Gasteiger partial charge in [0.05, 0.1) is 25.8 Å². The molecule has 1 N–H and O–H groups in total. The maximum Gasteiger partial charge on any atom is 0.162 e. The van der Waals surface area contributed by atoms with Crippen LogP contribution in [0, 0.1) is 0 Å². The molecule has 0 amide bonds. The summed E-state index contributed by atoms with van der Waals surface area (Å²) < 4.78 is 13.0. The van der Waals surface area contributed by atoms with Gasteiger partial charge in [0, 0.05) is 23.6 Å². The van der Waals surface area contributed by atoms with Crippen LogP contribution in [0.4, 0.5) is 0 Å². The second kappa shape index (κ2) is 6.46. The minimum atomic E-state index is -0.827. The molecule has 0 bridgehead atoms. The fourth-order valence-corrected chi connectivity index (χ4v) is 5.26. The van der Waals surface area contributed by atoms with Gasteiger partial charge in [-0.25, -0.2) is 0 Å². The number of thiophene rings is 1. The molecule has 2 heterocycles. The number of ether oxygens (including phenoxy) is 2. The van der Waals surface area contributed by atoms with Gasteiger partial charge < -0.3 is 14.6 Å². The molecule has 0 radical (unpaired) electrons. The van der Waals surface area contributed by atoms with E-state index < -0.39 is 6.10 Å². The Kier molecular flexibility index (Phi) is 4.81. The maximum absolute atomic E-state index is 10.6. The Hall–Kier alpha value is -0.270. The fraction of sp³-hybridized carbons (Fsp3) is 0.286. The van der Waals surface area contributed by atoms with Gasteiger partial charge in [-0.1, -0.05) is 11.6 Å². The van der Waals surface area contributed by atoms with E-state index in [9.17, 15) is 5.11 Å². The summed E-state index contributed by atoms with van der Waals surface area (Å²) in [4.78, 5) is 0. The molecule has 0 fully saturated rings. The maximum atomic E-state index is 10.6. The minimum absolute atomic E-state index is 0.459. The largest absolute Gasteiger partial charge is 0.490 e. The van der Waals surface area contributed by atoms with Crippen LogP contribution in [0.2, 0.25) is 5.02 Å². The van der Waals surface area contributed by atoms with Gasteiger partial charge in [0.1, 0.15) is 6.10 Å². The summed E-state index contributed by atoms with van der Waals surface area (Å²) in [6.07, 6.45) is -0.000644. The SMILES string of the molecule is OC(c1cc2c(cc1Cl)OCCCO2)c1cc(Br)sc1Br.